The van der Waals surface area contributed by atoms with Crippen molar-refractivity contribution in [1.29, 1.82) is 0 Å². The van der Waals surface area contributed by atoms with Crippen molar-refractivity contribution in [3.63, 3.8) is 0 Å². The summed E-state index contributed by atoms with van der Waals surface area (Å²) in [6.07, 6.45) is 0. The van der Waals surface area contributed by atoms with Crippen LogP contribution in [0.4, 0.5) is 25.8 Å². The number of halogens is 3. The zero-order chi connectivity index (χ0) is 13.3. The van der Waals surface area contributed by atoms with E-state index >= 15 is 0 Å². The van der Waals surface area contributed by atoms with Gasteiger partial charge in [-0.25, -0.2) is 8.78 Å². The molecule has 2 aromatic carbocycles. The molecule has 0 amide bonds. The van der Waals surface area contributed by atoms with Crippen LogP contribution in [0.2, 0.25) is 0 Å². The summed E-state index contributed by atoms with van der Waals surface area (Å²) in [6.45, 7) is 1.78. The maximum absolute atomic E-state index is 13.4. The average molecular weight is 313 g/mol. The molecule has 0 saturated carbocycles. The molecule has 3 N–H and O–H groups in total. The summed E-state index contributed by atoms with van der Waals surface area (Å²) < 4.78 is 26.9. The predicted molar refractivity (Wildman–Crippen MR) is 72.9 cm³/mol. The Hall–Kier alpha value is -1.62. The van der Waals surface area contributed by atoms with E-state index in [2.05, 4.69) is 21.2 Å². The van der Waals surface area contributed by atoms with Crippen LogP contribution in [-0.2, 0) is 0 Å². The summed E-state index contributed by atoms with van der Waals surface area (Å²) in [7, 11) is 0. The second-order valence-corrected chi connectivity index (χ2v) is 4.85. The Morgan fingerprint density at radius 2 is 1.83 bits per heavy atom. The monoisotopic (exact) mass is 312 g/mol. The van der Waals surface area contributed by atoms with E-state index in [9.17, 15) is 8.78 Å². The third-order valence-corrected chi connectivity index (χ3v) is 3.02. The summed E-state index contributed by atoms with van der Waals surface area (Å²) in [5.74, 6) is -0.784. The van der Waals surface area contributed by atoms with Crippen LogP contribution in [0, 0.1) is 18.6 Å². The molecule has 0 fully saturated rings. The summed E-state index contributed by atoms with van der Waals surface area (Å²) in [6, 6.07) is 7.22. The first kappa shape index (κ1) is 12.8. The molecule has 0 saturated heterocycles. The molecular formula is C13H11BrF2N2. The molecule has 0 bridgehead atoms. The Morgan fingerprint density at radius 1 is 1.11 bits per heavy atom. The topological polar surface area (TPSA) is 38.0 Å². The van der Waals surface area contributed by atoms with Crippen molar-refractivity contribution in [2.24, 2.45) is 0 Å². The van der Waals surface area contributed by atoms with Gasteiger partial charge in [0.05, 0.1) is 15.8 Å². The second-order valence-electron chi connectivity index (χ2n) is 4.00. The van der Waals surface area contributed by atoms with Crippen LogP contribution < -0.4 is 11.1 Å². The maximum atomic E-state index is 13.4. The van der Waals surface area contributed by atoms with Gasteiger partial charge in [0.15, 0.2) is 0 Å². The van der Waals surface area contributed by atoms with Crippen molar-refractivity contribution >= 4 is 33.0 Å². The first-order valence-corrected chi connectivity index (χ1v) is 6.04. The SMILES string of the molecule is Cc1cc(F)cc(Nc2cc(F)c(Br)cc2N)c1. The average Bonchev–Trinajstić information content (AvgIpc) is 2.24. The van der Waals surface area contributed by atoms with Crippen LogP contribution in [-0.4, -0.2) is 0 Å². The number of nitrogens with one attached hydrogen (secondary N) is 1. The maximum Gasteiger partial charge on any atom is 0.139 e. The van der Waals surface area contributed by atoms with Crippen LogP contribution in [0.5, 0.6) is 0 Å². The third kappa shape index (κ3) is 2.79. The molecule has 2 nitrogen and oxygen atoms in total. The van der Waals surface area contributed by atoms with Crippen LogP contribution in [0.25, 0.3) is 0 Å². The zero-order valence-electron chi connectivity index (χ0n) is 9.60. The number of anilines is 3. The number of benzene rings is 2. The largest absolute Gasteiger partial charge is 0.397 e. The first-order chi connectivity index (χ1) is 8.45. The lowest BCUT2D eigenvalue weighted by molar-refractivity contribution is 0.622. The molecule has 0 aliphatic heterocycles. The van der Waals surface area contributed by atoms with E-state index < -0.39 is 5.82 Å². The lowest BCUT2D eigenvalue weighted by Crippen LogP contribution is -1.98. The zero-order valence-corrected chi connectivity index (χ0v) is 11.2. The molecule has 0 aromatic heterocycles. The van der Waals surface area contributed by atoms with Crippen molar-refractivity contribution < 1.29 is 8.78 Å². The normalized spacial score (nSPS) is 10.4. The van der Waals surface area contributed by atoms with Gasteiger partial charge >= 0.3 is 0 Å². The highest BCUT2D eigenvalue weighted by Gasteiger charge is 2.07. The van der Waals surface area contributed by atoms with Gasteiger partial charge in [0.25, 0.3) is 0 Å². The van der Waals surface area contributed by atoms with Gasteiger partial charge < -0.3 is 11.1 Å². The van der Waals surface area contributed by atoms with Crippen molar-refractivity contribution in [2.45, 2.75) is 6.92 Å². The van der Waals surface area contributed by atoms with E-state index in [1.165, 1.54) is 24.3 Å². The fourth-order valence-electron chi connectivity index (χ4n) is 1.63. The van der Waals surface area contributed by atoms with Gasteiger partial charge in [-0.1, -0.05) is 0 Å². The van der Waals surface area contributed by atoms with Crippen molar-refractivity contribution in [3.05, 3.63) is 52.0 Å². The van der Waals surface area contributed by atoms with Gasteiger partial charge in [0.2, 0.25) is 0 Å². The molecule has 0 aliphatic carbocycles. The number of nitrogens with two attached hydrogens (primary N) is 1. The Bertz CT molecular complexity index is 580. The van der Waals surface area contributed by atoms with E-state index in [0.717, 1.165) is 5.56 Å². The highest BCUT2D eigenvalue weighted by atomic mass is 79.9. The predicted octanol–water partition coefficient (Wildman–Crippen LogP) is 4.36. The Kier molecular flexibility index (Phi) is 3.52. The van der Waals surface area contributed by atoms with Crippen LogP contribution in [0.3, 0.4) is 0 Å². The van der Waals surface area contributed by atoms with Crippen LogP contribution in [0.15, 0.2) is 34.8 Å². The summed E-state index contributed by atoms with van der Waals surface area (Å²) >= 11 is 3.05. The molecule has 0 atom stereocenters. The second kappa shape index (κ2) is 4.94. The fourth-order valence-corrected chi connectivity index (χ4v) is 2.00. The number of nitrogen functional groups attached to an aromatic ring is 1. The molecule has 0 spiro atoms. The Morgan fingerprint density at radius 3 is 2.50 bits per heavy atom. The molecule has 2 rings (SSSR count). The van der Waals surface area contributed by atoms with E-state index in [0.29, 0.717) is 21.5 Å². The molecule has 94 valence electrons. The molecule has 0 heterocycles. The van der Waals surface area contributed by atoms with E-state index in [4.69, 9.17) is 5.73 Å². The Labute approximate surface area is 112 Å². The quantitative estimate of drug-likeness (QED) is 0.808. The molecule has 0 radical (unpaired) electrons. The highest BCUT2D eigenvalue weighted by molar-refractivity contribution is 9.10. The summed E-state index contributed by atoms with van der Waals surface area (Å²) in [5.41, 5.74) is 7.85. The van der Waals surface area contributed by atoms with Gasteiger partial charge in [-0.15, -0.1) is 0 Å². The van der Waals surface area contributed by atoms with E-state index in [1.807, 2.05) is 0 Å². The first-order valence-electron chi connectivity index (χ1n) is 5.24. The number of rotatable bonds is 2. The lowest BCUT2D eigenvalue weighted by Gasteiger charge is -2.11. The number of aryl methyl sites for hydroxylation is 1. The molecule has 0 aliphatic rings. The molecule has 18 heavy (non-hydrogen) atoms. The smallest absolute Gasteiger partial charge is 0.139 e. The van der Waals surface area contributed by atoms with Gasteiger partial charge in [-0.3, -0.25) is 0 Å². The van der Waals surface area contributed by atoms with E-state index in [1.54, 1.807) is 13.0 Å². The summed E-state index contributed by atoms with van der Waals surface area (Å²) in [5, 5.41) is 2.90. The van der Waals surface area contributed by atoms with Crippen LogP contribution >= 0.6 is 15.9 Å². The van der Waals surface area contributed by atoms with E-state index in [-0.39, 0.29) is 5.82 Å². The number of hydrogen-bond donors (Lipinski definition) is 2. The number of hydrogen-bond acceptors (Lipinski definition) is 2. The fraction of sp³-hybridized carbons (Fsp3) is 0.0769. The molecule has 2 aromatic rings. The van der Waals surface area contributed by atoms with Crippen molar-refractivity contribution in [2.75, 3.05) is 11.1 Å². The minimum Gasteiger partial charge on any atom is -0.397 e. The Balaban J connectivity index is 2.36. The minimum absolute atomic E-state index is 0.293. The molecular weight excluding hydrogens is 302 g/mol. The standard InChI is InChI=1S/C13H11BrF2N2/c1-7-2-8(15)4-9(3-7)18-13-6-11(16)10(14)5-12(13)17/h2-6,18H,17H2,1H3. The van der Waals surface area contributed by atoms with Gasteiger partial charge in [-0.2, -0.15) is 0 Å². The van der Waals surface area contributed by atoms with Crippen LogP contribution in [0.1, 0.15) is 5.56 Å². The molecule has 5 heteroatoms. The third-order valence-electron chi connectivity index (χ3n) is 2.41. The van der Waals surface area contributed by atoms with Gasteiger partial charge in [0.1, 0.15) is 11.6 Å². The highest BCUT2D eigenvalue weighted by Crippen LogP contribution is 2.29. The minimum atomic E-state index is -0.431. The van der Waals surface area contributed by atoms with Gasteiger partial charge in [-0.05, 0) is 52.7 Å². The summed E-state index contributed by atoms with van der Waals surface area (Å²) in [4.78, 5) is 0. The van der Waals surface area contributed by atoms with Crippen molar-refractivity contribution in [3.8, 4) is 0 Å². The molecule has 0 unspecified atom stereocenters. The lowest BCUT2D eigenvalue weighted by atomic mass is 10.2. The van der Waals surface area contributed by atoms with Crippen molar-refractivity contribution in [1.82, 2.24) is 0 Å². The van der Waals surface area contributed by atoms with Gasteiger partial charge in [0, 0.05) is 11.8 Å².